The van der Waals surface area contributed by atoms with Crippen molar-refractivity contribution in [2.75, 3.05) is 44.7 Å². The highest BCUT2D eigenvalue weighted by Gasteiger charge is 2.35. The summed E-state index contributed by atoms with van der Waals surface area (Å²) in [5, 5.41) is 6.01. The molecule has 2 aromatic heterocycles. The molecule has 3 unspecified atom stereocenters. The molecule has 2 fully saturated rings. The summed E-state index contributed by atoms with van der Waals surface area (Å²) in [6.45, 7) is 11.3. The summed E-state index contributed by atoms with van der Waals surface area (Å²) in [5.74, 6) is 2.64. The Labute approximate surface area is 240 Å². The van der Waals surface area contributed by atoms with E-state index in [0.717, 1.165) is 67.4 Å². The molecular formula is C29H38Cl2N6O2. The number of aryl methyl sites for hydroxylation is 1. The molecule has 2 aliphatic rings. The second kappa shape index (κ2) is 12.0. The summed E-state index contributed by atoms with van der Waals surface area (Å²) in [5.41, 5.74) is 3.38. The van der Waals surface area contributed by atoms with Gasteiger partial charge < -0.3 is 14.5 Å². The van der Waals surface area contributed by atoms with Crippen LogP contribution in [-0.4, -0.2) is 70.5 Å². The third kappa shape index (κ3) is 6.03. The van der Waals surface area contributed by atoms with Crippen LogP contribution < -0.4 is 4.90 Å². The zero-order chi connectivity index (χ0) is 27.7. The Morgan fingerprint density at radius 3 is 2.77 bits per heavy atom. The number of nitrogens with zero attached hydrogens (tertiary/aromatic N) is 6. The van der Waals surface area contributed by atoms with E-state index in [1.807, 2.05) is 29.9 Å². The number of likely N-dealkylation sites (tertiary alicyclic amines) is 1. The molecule has 1 aromatic carbocycles. The Hall–Kier alpha value is -2.42. The van der Waals surface area contributed by atoms with E-state index in [9.17, 15) is 4.79 Å². The van der Waals surface area contributed by atoms with Crippen LogP contribution in [0.4, 0.5) is 5.82 Å². The minimum atomic E-state index is -0.126. The van der Waals surface area contributed by atoms with Crippen LogP contribution in [0.25, 0.3) is 11.2 Å². The molecule has 4 heterocycles. The zero-order valence-corrected chi connectivity index (χ0v) is 24.8. The van der Waals surface area contributed by atoms with Gasteiger partial charge in [0.25, 0.3) is 0 Å². The molecule has 0 radical (unpaired) electrons. The van der Waals surface area contributed by atoms with Gasteiger partial charge in [-0.05, 0) is 75.1 Å². The Kier molecular flexibility index (Phi) is 8.64. The van der Waals surface area contributed by atoms with Gasteiger partial charge in [0, 0.05) is 36.2 Å². The van der Waals surface area contributed by atoms with Gasteiger partial charge in [0.05, 0.1) is 31.5 Å². The molecule has 4 atom stereocenters. The maximum absolute atomic E-state index is 11.6. The van der Waals surface area contributed by atoms with Crippen molar-refractivity contribution in [1.82, 2.24) is 24.6 Å². The van der Waals surface area contributed by atoms with E-state index in [-0.39, 0.29) is 12.0 Å². The highest BCUT2D eigenvalue weighted by atomic mass is 35.5. The highest BCUT2D eigenvalue weighted by Crippen LogP contribution is 2.37. The number of benzene rings is 1. The number of piperidine rings is 2. The van der Waals surface area contributed by atoms with Crippen molar-refractivity contribution in [2.45, 2.75) is 52.5 Å². The van der Waals surface area contributed by atoms with Crippen LogP contribution in [-0.2, 0) is 9.53 Å². The Bertz CT molecular complexity index is 1330. The van der Waals surface area contributed by atoms with Crippen LogP contribution in [0.5, 0.6) is 0 Å². The second-order valence-corrected chi connectivity index (χ2v) is 12.0. The molecule has 3 aromatic rings. The first kappa shape index (κ1) is 28.1. The molecule has 2 saturated heterocycles. The summed E-state index contributed by atoms with van der Waals surface area (Å²) in [6, 6.07) is 5.45. The monoisotopic (exact) mass is 572 g/mol. The number of esters is 1. The average molecular weight is 574 g/mol. The summed E-state index contributed by atoms with van der Waals surface area (Å²) in [4.78, 5) is 26.3. The molecule has 10 heteroatoms. The number of methoxy groups -OCH3 is 1. The van der Waals surface area contributed by atoms with Crippen LogP contribution >= 0.6 is 23.2 Å². The zero-order valence-electron chi connectivity index (χ0n) is 23.2. The van der Waals surface area contributed by atoms with Crippen molar-refractivity contribution in [3.05, 3.63) is 45.7 Å². The van der Waals surface area contributed by atoms with Gasteiger partial charge in [0.2, 0.25) is 0 Å². The van der Waals surface area contributed by atoms with E-state index < -0.39 is 0 Å². The fraction of sp³-hybridized carbons (Fsp3) is 0.586. The topological polar surface area (TPSA) is 76.4 Å². The van der Waals surface area contributed by atoms with E-state index in [1.165, 1.54) is 20.0 Å². The first-order valence-electron chi connectivity index (χ1n) is 14.0. The quantitative estimate of drug-likeness (QED) is 0.331. The number of carbonyl (C=O) groups is 1. The van der Waals surface area contributed by atoms with Gasteiger partial charge in [-0.25, -0.2) is 14.6 Å². The van der Waals surface area contributed by atoms with Gasteiger partial charge in [0.1, 0.15) is 11.3 Å². The van der Waals surface area contributed by atoms with Crippen LogP contribution in [0.1, 0.15) is 56.8 Å². The SMILES string of the molecule is COC(=O)CCN1CCCC(C2CCN(c3cnc4c(C)nn([C@H](C)c5ccc(Cl)cc5Cl)c4n3)CC2C)C1. The second-order valence-electron chi connectivity index (χ2n) is 11.2. The molecule has 5 rings (SSSR count). The Balaban J connectivity index is 1.30. The first-order valence-corrected chi connectivity index (χ1v) is 14.7. The van der Waals surface area contributed by atoms with Crippen molar-refractivity contribution >= 4 is 46.2 Å². The fourth-order valence-corrected chi connectivity index (χ4v) is 7.07. The van der Waals surface area contributed by atoms with Gasteiger partial charge in [0.15, 0.2) is 5.65 Å². The maximum Gasteiger partial charge on any atom is 0.306 e. The summed E-state index contributed by atoms with van der Waals surface area (Å²) < 4.78 is 6.77. The van der Waals surface area contributed by atoms with Gasteiger partial charge in [-0.2, -0.15) is 5.10 Å². The van der Waals surface area contributed by atoms with Crippen LogP contribution in [0.2, 0.25) is 10.0 Å². The number of anilines is 1. The number of rotatable bonds is 7. The number of hydrogen-bond donors (Lipinski definition) is 0. The molecule has 2 aliphatic heterocycles. The van der Waals surface area contributed by atoms with Crippen molar-refractivity contribution in [3.63, 3.8) is 0 Å². The number of carbonyl (C=O) groups excluding carboxylic acids is 1. The van der Waals surface area contributed by atoms with Gasteiger partial charge in [-0.15, -0.1) is 0 Å². The molecule has 39 heavy (non-hydrogen) atoms. The first-order chi connectivity index (χ1) is 18.7. The number of hydrogen-bond acceptors (Lipinski definition) is 7. The molecule has 0 saturated carbocycles. The number of halogens is 2. The number of ether oxygens (including phenoxy) is 1. The minimum absolute atomic E-state index is 0.117. The van der Waals surface area contributed by atoms with Crippen LogP contribution in [0.15, 0.2) is 24.4 Å². The maximum atomic E-state index is 11.6. The minimum Gasteiger partial charge on any atom is -0.469 e. The fourth-order valence-electron chi connectivity index (χ4n) is 6.50. The van der Waals surface area contributed by atoms with E-state index in [1.54, 1.807) is 6.07 Å². The molecule has 0 amide bonds. The van der Waals surface area contributed by atoms with E-state index >= 15 is 0 Å². The molecular weight excluding hydrogens is 535 g/mol. The van der Waals surface area contributed by atoms with Crippen LogP contribution in [0, 0.1) is 24.7 Å². The Morgan fingerprint density at radius 2 is 2.03 bits per heavy atom. The number of fused-ring (bicyclic) bond motifs is 1. The van der Waals surface area contributed by atoms with E-state index in [2.05, 4.69) is 23.6 Å². The summed E-state index contributed by atoms with van der Waals surface area (Å²) in [7, 11) is 1.46. The molecule has 0 N–H and O–H groups in total. The predicted molar refractivity (Wildman–Crippen MR) is 156 cm³/mol. The average Bonchev–Trinajstić information content (AvgIpc) is 3.27. The van der Waals surface area contributed by atoms with Crippen molar-refractivity contribution < 1.29 is 9.53 Å². The largest absolute Gasteiger partial charge is 0.469 e. The molecule has 8 nitrogen and oxygen atoms in total. The van der Waals surface area contributed by atoms with Crippen molar-refractivity contribution in [2.24, 2.45) is 17.8 Å². The summed E-state index contributed by atoms with van der Waals surface area (Å²) in [6.07, 6.45) is 5.95. The summed E-state index contributed by atoms with van der Waals surface area (Å²) >= 11 is 12.7. The molecule has 210 valence electrons. The van der Waals surface area contributed by atoms with Crippen molar-refractivity contribution in [3.8, 4) is 0 Å². The Morgan fingerprint density at radius 1 is 1.21 bits per heavy atom. The van der Waals surface area contributed by atoms with E-state index in [4.69, 9.17) is 43.0 Å². The van der Waals surface area contributed by atoms with E-state index in [0.29, 0.717) is 34.2 Å². The smallest absolute Gasteiger partial charge is 0.306 e. The predicted octanol–water partition coefficient (Wildman–Crippen LogP) is 5.79. The van der Waals surface area contributed by atoms with Gasteiger partial charge in [-0.3, -0.25) is 4.79 Å². The normalized spacial score (nSPS) is 23.2. The molecule has 0 spiro atoms. The lowest BCUT2D eigenvalue weighted by molar-refractivity contribution is -0.141. The van der Waals surface area contributed by atoms with Crippen LogP contribution in [0.3, 0.4) is 0 Å². The van der Waals surface area contributed by atoms with Gasteiger partial charge >= 0.3 is 5.97 Å². The standard InChI is InChI=1S/C29H38Cl2N6O2/c1-18-16-36(13-9-23(18)21-6-5-11-35(17-21)12-10-27(38)39-4)26-15-32-28-19(2)34-37(29(28)33-26)20(3)24-8-7-22(30)14-25(24)31/h7-8,14-15,18,20-21,23H,5-6,9-13,16-17H2,1-4H3/t18?,20-,21?,23?/m1/s1. The third-order valence-electron chi connectivity index (χ3n) is 8.64. The molecule has 0 bridgehead atoms. The van der Waals surface area contributed by atoms with Crippen molar-refractivity contribution in [1.29, 1.82) is 0 Å². The third-order valence-corrected chi connectivity index (χ3v) is 9.20. The van der Waals surface area contributed by atoms with Gasteiger partial charge in [-0.1, -0.05) is 36.2 Å². The lowest BCUT2D eigenvalue weighted by Gasteiger charge is -2.44. The molecule has 0 aliphatic carbocycles. The number of aromatic nitrogens is 4. The lowest BCUT2D eigenvalue weighted by Crippen LogP contribution is -2.47. The highest BCUT2D eigenvalue weighted by molar-refractivity contribution is 6.35. The lowest BCUT2D eigenvalue weighted by atomic mass is 9.74.